The van der Waals surface area contributed by atoms with E-state index < -0.39 is 5.97 Å². The number of methoxy groups -OCH3 is 1. The first-order valence-electron chi connectivity index (χ1n) is 10.5. The molecular formula is C23H31N3O5. The summed E-state index contributed by atoms with van der Waals surface area (Å²) >= 11 is 0. The van der Waals surface area contributed by atoms with Crippen LogP contribution in [0.1, 0.15) is 60.4 Å². The number of hydrogen-bond donors (Lipinski definition) is 1. The van der Waals surface area contributed by atoms with E-state index in [2.05, 4.69) is 10.4 Å². The van der Waals surface area contributed by atoms with Crippen molar-refractivity contribution < 1.29 is 23.9 Å². The molecule has 0 bridgehead atoms. The van der Waals surface area contributed by atoms with E-state index in [1.165, 1.54) is 7.11 Å². The lowest BCUT2D eigenvalue weighted by atomic mass is 10.1. The Morgan fingerprint density at radius 2 is 1.74 bits per heavy atom. The molecule has 0 aliphatic carbocycles. The molecule has 1 amide bonds. The maximum absolute atomic E-state index is 12.3. The van der Waals surface area contributed by atoms with Crippen LogP contribution in [-0.2, 0) is 25.5 Å². The largest absolute Gasteiger partial charge is 0.469 e. The van der Waals surface area contributed by atoms with Crippen LogP contribution in [0.5, 0.6) is 0 Å². The van der Waals surface area contributed by atoms with Crippen molar-refractivity contribution in [1.29, 1.82) is 0 Å². The fourth-order valence-corrected chi connectivity index (χ4v) is 3.33. The Balaban J connectivity index is 2.02. The van der Waals surface area contributed by atoms with Crippen LogP contribution >= 0.6 is 0 Å². The van der Waals surface area contributed by atoms with Crippen molar-refractivity contribution in [2.24, 2.45) is 0 Å². The van der Waals surface area contributed by atoms with Gasteiger partial charge in [0.1, 0.15) is 0 Å². The normalized spacial score (nSPS) is 10.8. The minimum atomic E-state index is -0.557. The van der Waals surface area contributed by atoms with E-state index in [-0.39, 0.29) is 24.5 Å². The molecule has 0 aliphatic heterocycles. The average molecular weight is 430 g/mol. The third-order valence-electron chi connectivity index (χ3n) is 5.28. The number of benzene rings is 1. The van der Waals surface area contributed by atoms with Gasteiger partial charge >= 0.3 is 11.9 Å². The molecule has 168 valence electrons. The average Bonchev–Trinajstić information content (AvgIpc) is 3.07. The number of ether oxygens (including phenoxy) is 2. The second-order valence-corrected chi connectivity index (χ2v) is 7.34. The summed E-state index contributed by atoms with van der Waals surface area (Å²) in [7, 11) is 1.37. The predicted octanol–water partition coefficient (Wildman–Crippen LogP) is 3.06. The molecule has 0 fully saturated rings. The van der Waals surface area contributed by atoms with Crippen LogP contribution in [0, 0.1) is 13.8 Å². The lowest BCUT2D eigenvalue weighted by Crippen LogP contribution is -2.36. The van der Waals surface area contributed by atoms with Crippen molar-refractivity contribution in [2.75, 3.05) is 13.7 Å². The molecule has 2 aromatic rings. The highest BCUT2D eigenvalue weighted by Gasteiger charge is 2.16. The van der Waals surface area contributed by atoms with Crippen LogP contribution < -0.4 is 5.32 Å². The number of nitrogens with one attached hydrogen (secondary N) is 1. The maximum Gasteiger partial charge on any atom is 0.338 e. The molecular weight excluding hydrogens is 398 g/mol. The monoisotopic (exact) mass is 429 g/mol. The number of aromatic nitrogens is 2. The first-order valence-corrected chi connectivity index (χ1v) is 10.5. The van der Waals surface area contributed by atoms with Crippen LogP contribution in [0.3, 0.4) is 0 Å². The minimum Gasteiger partial charge on any atom is -0.469 e. The predicted molar refractivity (Wildman–Crippen MR) is 116 cm³/mol. The third-order valence-corrected chi connectivity index (χ3v) is 5.28. The lowest BCUT2D eigenvalue weighted by Gasteiger charge is -2.14. The van der Waals surface area contributed by atoms with Crippen molar-refractivity contribution in [3.63, 3.8) is 0 Å². The van der Waals surface area contributed by atoms with Gasteiger partial charge in [0.25, 0.3) is 5.91 Å². The zero-order valence-electron chi connectivity index (χ0n) is 18.9. The summed E-state index contributed by atoms with van der Waals surface area (Å²) < 4.78 is 11.6. The number of hydrogen-bond acceptors (Lipinski definition) is 6. The van der Waals surface area contributed by atoms with Gasteiger partial charge in [-0.3, -0.25) is 9.59 Å². The number of nitrogens with zero attached hydrogens (tertiary/aromatic N) is 2. The minimum absolute atomic E-state index is 0.0868. The Kier molecular flexibility index (Phi) is 8.78. The van der Waals surface area contributed by atoms with E-state index >= 15 is 0 Å². The van der Waals surface area contributed by atoms with Crippen LogP contribution in [0.4, 0.5) is 0 Å². The summed E-state index contributed by atoms with van der Waals surface area (Å²) in [5.41, 5.74) is 3.90. The molecule has 1 N–H and O–H groups in total. The number of carbonyl (C=O) groups is 3. The Hall–Kier alpha value is -3.16. The third kappa shape index (κ3) is 6.41. The first kappa shape index (κ1) is 24.1. The fourth-order valence-electron chi connectivity index (χ4n) is 3.33. The second kappa shape index (κ2) is 11.3. The summed E-state index contributed by atoms with van der Waals surface area (Å²) in [6, 6.07) is 6.90. The SMILES string of the molecule is CCC(CC)NC(=O)COC(=O)c1ccc(-n2nc(C)c(CCC(=O)OC)c2C)cc1. The van der Waals surface area contributed by atoms with E-state index in [0.717, 1.165) is 35.5 Å². The molecule has 0 spiro atoms. The van der Waals surface area contributed by atoms with Gasteiger partial charge in [-0.15, -0.1) is 0 Å². The summed E-state index contributed by atoms with van der Waals surface area (Å²) in [4.78, 5) is 35.6. The van der Waals surface area contributed by atoms with Gasteiger partial charge in [0, 0.05) is 18.2 Å². The van der Waals surface area contributed by atoms with E-state index in [1.54, 1.807) is 28.9 Å². The Bertz CT molecular complexity index is 914. The van der Waals surface area contributed by atoms with Crippen molar-refractivity contribution in [3.05, 3.63) is 46.8 Å². The van der Waals surface area contributed by atoms with Crippen molar-refractivity contribution in [3.8, 4) is 5.69 Å². The number of esters is 2. The molecule has 8 heteroatoms. The number of amides is 1. The van der Waals surface area contributed by atoms with Crippen molar-refractivity contribution in [1.82, 2.24) is 15.1 Å². The highest BCUT2D eigenvalue weighted by atomic mass is 16.5. The molecule has 1 aromatic heterocycles. The maximum atomic E-state index is 12.3. The Morgan fingerprint density at radius 1 is 1.10 bits per heavy atom. The van der Waals surface area contributed by atoms with Gasteiger partial charge in [-0.2, -0.15) is 5.10 Å². The fraction of sp³-hybridized carbons (Fsp3) is 0.478. The van der Waals surface area contributed by atoms with Crippen molar-refractivity contribution in [2.45, 2.75) is 59.4 Å². The summed E-state index contributed by atoms with van der Waals surface area (Å²) in [5, 5.41) is 7.39. The quantitative estimate of drug-likeness (QED) is 0.583. The number of aryl methyl sites for hydroxylation is 1. The summed E-state index contributed by atoms with van der Waals surface area (Å²) in [5.74, 6) is -1.12. The van der Waals surface area contributed by atoms with E-state index in [0.29, 0.717) is 18.4 Å². The van der Waals surface area contributed by atoms with Gasteiger partial charge in [0.05, 0.1) is 24.1 Å². The van der Waals surface area contributed by atoms with Gasteiger partial charge in [-0.1, -0.05) is 13.8 Å². The molecule has 0 unspecified atom stereocenters. The molecule has 8 nitrogen and oxygen atoms in total. The highest BCUT2D eigenvalue weighted by molar-refractivity contribution is 5.91. The van der Waals surface area contributed by atoms with Crippen molar-refractivity contribution >= 4 is 17.8 Å². The lowest BCUT2D eigenvalue weighted by molar-refractivity contribution is -0.140. The van der Waals surface area contributed by atoms with Crippen LogP contribution in [0.2, 0.25) is 0 Å². The first-order chi connectivity index (χ1) is 14.8. The van der Waals surface area contributed by atoms with Crippen LogP contribution in [0.15, 0.2) is 24.3 Å². The van der Waals surface area contributed by atoms with Gasteiger partial charge < -0.3 is 14.8 Å². The topological polar surface area (TPSA) is 99.5 Å². The zero-order valence-corrected chi connectivity index (χ0v) is 18.9. The van der Waals surface area contributed by atoms with Crippen LogP contribution in [-0.4, -0.2) is 47.4 Å². The van der Waals surface area contributed by atoms with E-state index in [4.69, 9.17) is 9.47 Å². The Morgan fingerprint density at radius 3 is 2.32 bits per heavy atom. The molecule has 0 aliphatic rings. The summed E-state index contributed by atoms with van der Waals surface area (Å²) in [6.45, 7) is 7.51. The van der Waals surface area contributed by atoms with Gasteiger partial charge in [0.15, 0.2) is 6.61 Å². The van der Waals surface area contributed by atoms with Gasteiger partial charge in [-0.25, -0.2) is 9.48 Å². The molecule has 0 saturated carbocycles. The number of carbonyl (C=O) groups excluding carboxylic acids is 3. The van der Waals surface area contributed by atoms with Gasteiger partial charge in [0.2, 0.25) is 0 Å². The van der Waals surface area contributed by atoms with Gasteiger partial charge in [-0.05, 0) is 62.9 Å². The molecule has 1 aromatic carbocycles. The highest BCUT2D eigenvalue weighted by Crippen LogP contribution is 2.20. The van der Waals surface area contributed by atoms with Crippen LogP contribution in [0.25, 0.3) is 5.69 Å². The molecule has 1 heterocycles. The molecule has 0 saturated heterocycles. The smallest absolute Gasteiger partial charge is 0.338 e. The molecule has 0 atom stereocenters. The van der Waals surface area contributed by atoms with E-state index in [1.807, 2.05) is 27.7 Å². The molecule has 31 heavy (non-hydrogen) atoms. The zero-order chi connectivity index (χ0) is 23.0. The Labute approximate surface area is 182 Å². The van der Waals surface area contributed by atoms with E-state index in [9.17, 15) is 14.4 Å². The molecule has 0 radical (unpaired) electrons. The summed E-state index contributed by atoms with van der Waals surface area (Å²) in [6.07, 6.45) is 2.50. The molecule has 2 rings (SSSR count). The number of rotatable bonds is 10. The second-order valence-electron chi connectivity index (χ2n) is 7.34. The standard InChI is InChI=1S/C23H31N3O5/c1-6-18(7-2)24-21(27)14-31-23(29)17-8-10-19(11-9-17)26-16(4)20(15(3)25-26)12-13-22(28)30-5/h8-11,18H,6-7,12-14H2,1-5H3,(H,24,27).